The van der Waals surface area contributed by atoms with Crippen LogP contribution in [-0.4, -0.2) is 44.4 Å². The Bertz CT molecular complexity index is 948. The van der Waals surface area contributed by atoms with Gasteiger partial charge in [-0.25, -0.2) is 15.0 Å². The molecule has 27 heavy (non-hydrogen) atoms. The van der Waals surface area contributed by atoms with E-state index in [9.17, 15) is 4.79 Å². The van der Waals surface area contributed by atoms with Gasteiger partial charge in [0.2, 0.25) is 0 Å². The van der Waals surface area contributed by atoms with Gasteiger partial charge in [-0.3, -0.25) is 4.79 Å². The van der Waals surface area contributed by atoms with Gasteiger partial charge in [0.25, 0.3) is 5.91 Å². The minimum Gasteiger partial charge on any atom is -0.497 e. The van der Waals surface area contributed by atoms with Crippen LogP contribution in [0.1, 0.15) is 34.5 Å². The largest absolute Gasteiger partial charge is 0.497 e. The van der Waals surface area contributed by atoms with Crippen molar-refractivity contribution in [1.82, 2.24) is 24.8 Å². The molecule has 0 bridgehead atoms. The van der Waals surface area contributed by atoms with Crippen LogP contribution >= 0.6 is 0 Å². The number of nitrogens with zero attached hydrogens (tertiary/aromatic N) is 4. The van der Waals surface area contributed by atoms with Gasteiger partial charge in [-0.1, -0.05) is 6.92 Å². The van der Waals surface area contributed by atoms with Gasteiger partial charge >= 0.3 is 0 Å². The SMILES string of the molecule is CCc1ncc(C(=O)N2CCc3nc(-c4ccc(OC)cc4)[nH]c3C2)cn1. The van der Waals surface area contributed by atoms with Crippen molar-refractivity contribution >= 4 is 5.91 Å². The summed E-state index contributed by atoms with van der Waals surface area (Å²) in [5.41, 5.74) is 3.51. The van der Waals surface area contributed by atoms with Crippen LogP contribution in [0, 0.1) is 0 Å². The molecule has 0 aliphatic carbocycles. The third kappa shape index (κ3) is 3.40. The van der Waals surface area contributed by atoms with Crippen LogP contribution in [0.4, 0.5) is 0 Å². The predicted molar refractivity (Wildman–Crippen MR) is 100 cm³/mol. The molecule has 138 valence electrons. The van der Waals surface area contributed by atoms with Crippen molar-refractivity contribution in [3.05, 3.63) is 59.4 Å². The number of aryl methyl sites for hydroxylation is 1. The number of carbonyl (C=O) groups excluding carboxylic acids is 1. The molecule has 3 heterocycles. The molecule has 1 N–H and O–H groups in total. The molecule has 1 aliphatic rings. The van der Waals surface area contributed by atoms with Crippen molar-refractivity contribution in [2.24, 2.45) is 0 Å². The number of benzene rings is 1. The molecule has 1 aliphatic heterocycles. The summed E-state index contributed by atoms with van der Waals surface area (Å²) in [6, 6.07) is 7.76. The van der Waals surface area contributed by atoms with E-state index in [4.69, 9.17) is 9.72 Å². The molecule has 7 nitrogen and oxygen atoms in total. The molecule has 1 amide bonds. The summed E-state index contributed by atoms with van der Waals surface area (Å²) in [5.74, 6) is 2.31. The molecule has 4 rings (SSSR count). The van der Waals surface area contributed by atoms with Crippen LogP contribution in [0.2, 0.25) is 0 Å². The van der Waals surface area contributed by atoms with Gasteiger partial charge < -0.3 is 14.6 Å². The lowest BCUT2D eigenvalue weighted by molar-refractivity contribution is 0.0731. The number of fused-ring (bicyclic) bond motifs is 1. The first-order valence-electron chi connectivity index (χ1n) is 9.00. The second kappa shape index (κ2) is 7.19. The number of hydrogen-bond donors (Lipinski definition) is 1. The molecule has 3 aromatic rings. The third-order valence-corrected chi connectivity index (χ3v) is 4.75. The highest BCUT2D eigenvalue weighted by Gasteiger charge is 2.25. The number of aromatic nitrogens is 4. The Kier molecular flexibility index (Phi) is 4.58. The maximum Gasteiger partial charge on any atom is 0.257 e. The lowest BCUT2D eigenvalue weighted by atomic mass is 10.1. The molecule has 7 heteroatoms. The van der Waals surface area contributed by atoms with Crippen molar-refractivity contribution < 1.29 is 9.53 Å². The zero-order valence-corrected chi connectivity index (χ0v) is 15.4. The molecule has 0 spiro atoms. The van der Waals surface area contributed by atoms with Crippen molar-refractivity contribution in [1.29, 1.82) is 0 Å². The number of amides is 1. The number of methoxy groups -OCH3 is 1. The average molecular weight is 363 g/mol. The molecule has 0 saturated heterocycles. The first-order chi connectivity index (χ1) is 13.2. The number of carbonyl (C=O) groups is 1. The summed E-state index contributed by atoms with van der Waals surface area (Å²) >= 11 is 0. The van der Waals surface area contributed by atoms with Gasteiger partial charge in [0.1, 0.15) is 17.4 Å². The number of hydrogen-bond acceptors (Lipinski definition) is 5. The van der Waals surface area contributed by atoms with Gasteiger partial charge in [0, 0.05) is 37.3 Å². The third-order valence-electron chi connectivity index (χ3n) is 4.75. The minimum atomic E-state index is -0.0519. The Morgan fingerprint density at radius 1 is 1.22 bits per heavy atom. The maximum atomic E-state index is 12.8. The summed E-state index contributed by atoms with van der Waals surface area (Å²) in [6.07, 6.45) is 4.70. The Balaban J connectivity index is 1.52. The quantitative estimate of drug-likeness (QED) is 0.770. The fourth-order valence-electron chi connectivity index (χ4n) is 3.18. The number of rotatable bonds is 4. The number of imidazole rings is 1. The zero-order chi connectivity index (χ0) is 18.8. The lowest BCUT2D eigenvalue weighted by Crippen LogP contribution is -2.36. The van der Waals surface area contributed by atoms with Crippen molar-refractivity contribution in [2.75, 3.05) is 13.7 Å². The fourth-order valence-corrected chi connectivity index (χ4v) is 3.18. The van der Waals surface area contributed by atoms with Gasteiger partial charge in [0.05, 0.1) is 30.6 Å². The van der Waals surface area contributed by atoms with Crippen LogP contribution < -0.4 is 4.74 Å². The highest BCUT2D eigenvalue weighted by atomic mass is 16.5. The first-order valence-corrected chi connectivity index (χ1v) is 9.00. The minimum absolute atomic E-state index is 0.0519. The van der Waals surface area contributed by atoms with Crippen LogP contribution in [-0.2, 0) is 19.4 Å². The second-order valence-electron chi connectivity index (χ2n) is 6.46. The van der Waals surface area contributed by atoms with Crippen LogP contribution in [0.3, 0.4) is 0 Å². The molecule has 0 radical (unpaired) electrons. The highest BCUT2D eigenvalue weighted by molar-refractivity contribution is 5.93. The summed E-state index contributed by atoms with van der Waals surface area (Å²) in [7, 11) is 1.65. The normalized spacial score (nSPS) is 13.3. The number of aromatic amines is 1. The smallest absolute Gasteiger partial charge is 0.257 e. The molecule has 0 fully saturated rings. The molecule has 0 unspecified atom stereocenters. The number of H-pyrrole nitrogens is 1. The van der Waals surface area contributed by atoms with Crippen LogP contribution in [0.25, 0.3) is 11.4 Å². The van der Waals surface area contributed by atoms with Crippen molar-refractivity contribution in [2.45, 2.75) is 26.3 Å². The molecule has 2 aromatic heterocycles. The molecular weight excluding hydrogens is 342 g/mol. The Morgan fingerprint density at radius 3 is 2.63 bits per heavy atom. The maximum absolute atomic E-state index is 12.8. The topological polar surface area (TPSA) is 84.0 Å². The van der Waals surface area contributed by atoms with Gasteiger partial charge in [0.15, 0.2) is 0 Å². The summed E-state index contributed by atoms with van der Waals surface area (Å²) in [5, 5.41) is 0. The van der Waals surface area contributed by atoms with E-state index in [-0.39, 0.29) is 5.91 Å². The summed E-state index contributed by atoms with van der Waals surface area (Å²) < 4.78 is 5.20. The van der Waals surface area contributed by atoms with Crippen molar-refractivity contribution in [3.8, 4) is 17.1 Å². The number of ether oxygens (including phenoxy) is 1. The summed E-state index contributed by atoms with van der Waals surface area (Å²) in [4.78, 5) is 31.1. The standard InChI is InChI=1S/C20H21N5O2/c1-3-18-21-10-14(11-22-18)20(26)25-9-8-16-17(12-25)24-19(23-16)13-4-6-15(27-2)7-5-13/h4-7,10-11H,3,8-9,12H2,1-2H3,(H,23,24). The van der Waals surface area contributed by atoms with Gasteiger partial charge in [-0.15, -0.1) is 0 Å². The van der Waals surface area contributed by atoms with Crippen LogP contribution in [0.5, 0.6) is 5.75 Å². The average Bonchev–Trinajstić information content (AvgIpc) is 3.16. The molecular formula is C20H21N5O2. The Labute approximate surface area is 157 Å². The molecule has 0 atom stereocenters. The van der Waals surface area contributed by atoms with E-state index in [1.165, 1.54) is 0 Å². The molecule has 1 aromatic carbocycles. The number of nitrogens with one attached hydrogen (secondary N) is 1. The molecule has 0 saturated carbocycles. The van der Waals surface area contributed by atoms with E-state index < -0.39 is 0 Å². The van der Waals surface area contributed by atoms with Crippen molar-refractivity contribution in [3.63, 3.8) is 0 Å². The van der Waals surface area contributed by atoms with E-state index in [1.54, 1.807) is 19.5 Å². The lowest BCUT2D eigenvalue weighted by Gasteiger charge is -2.26. The van der Waals surface area contributed by atoms with E-state index >= 15 is 0 Å². The van der Waals surface area contributed by atoms with Gasteiger partial charge in [-0.05, 0) is 24.3 Å². The van der Waals surface area contributed by atoms with Gasteiger partial charge in [-0.2, -0.15) is 0 Å². The monoisotopic (exact) mass is 363 g/mol. The predicted octanol–water partition coefficient (Wildman–Crippen LogP) is 2.64. The van der Waals surface area contributed by atoms with Crippen LogP contribution in [0.15, 0.2) is 36.7 Å². The highest BCUT2D eigenvalue weighted by Crippen LogP contribution is 2.25. The van der Waals surface area contributed by atoms with E-state index in [2.05, 4.69) is 15.0 Å². The Hall–Kier alpha value is -3.22. The van der Waals surface area contributed by atoms with E-state index in [1.807, 2.05) is 36.1 Å². The second-order valence-corrected chi connectivity index (χ2v) is 6.46. The Morgan fingerprint density at radius 2 is 1.96 bits per heavy atom. The van der Waals surface area contributed by atoms with E-state index in [0.29, 0.717) is 18.7 Å². The zero-order valence-electron chi connectivity index (χ0n) is 15.4. The van der Waals surface area contributed by atoms with E-state index in [0.717, 1.165) is 47.2 Å². The first kappa shape index (κ1) is 17.2. The fraction of sp³-hybridized carbons (Fsp3) is 0.300. The summed E-state index contributed by atoms with van der Waals surface area (Å²) in [6.45, 7) is 3.13.